The van der Waals surface area contributed by atoms with Crippen LogP contribution in [0.2, 0.25) is 0 Å². The van der Waals surface area contributed by atoms with Crippen LogP contribution in [0.3, 0.4) is 0 Å². The van der Waals surface area contributed by atoms with E-state index in [0.29, 0.717) is 0 Å². The van der Waals surface area contributed by atoms with Gasteiger partial charge in [0.05, 0.1) is 12.0 Å². The van der Waals surface area contributed by atoms with Crippen LogP contribution in [-0.4, -0.2) is 23.0 Å². The second-order valence-electron chi connectivity index (χ2n) is 2.76. The summed E-state index contributed by atoms with van der Waals surface area (Å²) in [6.45, 7) is 0. The quantitative estimate of drug-likeness (QED) is 0.359. The second-order valence-corrected chi connectivity index (χ2v) is 3.93. The SMILES string of the molecule is COC(=O)c1c(C(F)F)ncc(I)c1[N+](=O)[O-]. The number of carbonyl (C=O) groups is 1. The van der Waals surface area contributed by atoms with Gasteiger partial charge in [0, 0.05) is 6.20 Å². The number of esters is 1. The molecule has 1 aromatic heterocycles. The van der Waals surface area contributed by atoms with E-state index in [1.165, 1.54) is 22.6 Å². The summed E-state index contributed by atoms with van der Waals surface area (Å²) in [5.74, 6) is -1.21. The average molecular weight is 358 g/mol. The summed E-state index contributed by atoms with van der Waals surface area (Å²) in [5.41, 5.74) is -2.48. The molecule has 1 aromatic rings. The van der Waals surface area contributed by atoms with Crippen molar-refractivity contribution in [3.05, 3.63) is 31.1 Å². The van der Waals surface area contributed by atoms with Crippen LogP contribution in [-0.2, 0) is 4.74 Å². The van der Waals surface area contributed by atoms with Crippen molar-refractivity contribution in [2.45, 2.75) is 6.43 Å². The summed E-state index contributed by atoms with van der Waals surface area (Å²) in [5, 5.41) is 10.8. The molecule has 0 bridgehead atoms. The van der Waals surface area contributed by atoms with E-state index in [1.807, 2.05) is 0 Å². The number of methoxy groups -OCH3 is 1. The number of alkyl halides is 2. The van der Waals surface area contributed by atoms with Crippen molar-refractivity contribution in [1.82, 2.24) is 4.98 Å². The molecule has 0 aliphatic carbocycles. The van der Waals surface area contributed by atoms with Gasteiger partial charge in [-0.05, 0) is 22.6 Å². The van der Waals surface area contributed by atoms with Gasteiger partial charge in [0.15, 0.2) is 5.56 Å². The molecule has 0 radical (unpaired) electrons. The number of carbonyl (C=O) groups excluding carboxylic acids is 1. The summed E-state index contributed by atoms with van der Waals surface area (Å²) in [7, 11) is 0.946. The lowest BCUT2D eigenvalue weighted by molar-refractivity contribution is -0.386. The average Bonchev–Trinajstić information content (AvgIpc) is 2.26. The Kier molecular flexibility index (Phi) is 4.26. The Labute approximate surface area is 107 Å². The van der Waals surface area contributed by atoms with Crippen LogP contribution >= 0.6 is 22.6 Å². The van der Waals surface area contributed by atoms with Crippen LogP contribution < -0.4 is 0 Å². The van der Waals surface area contributed by atoms with E-state index in [1.54, 1.807) is 0 Å². The summed E-state index contributed by atoms with van der Waals surface area (Å²) in [4.78, 5) is 24.5. The maximum absolute atomic E-state index is 12.6. The lowest BCUT2D eigenvalue weighted by atomic mass is 10.1. The number of nitro groups is 1. The van der Waals surface area contributed by atoms with Gasteiger partial charge in [0.25, 0.3) is 6.43 Å². The Balaban J connectivity index is 3.61. The maximum Gasteiger partial charge on any atom is 0.347 e. The normalized spacial score (nSPS) is 10.4. The molecule has 9 heteroatoms. The Hall–Kier alpha value is -1.39. The van der Waals surface area contributed by atoms with Crippen molar-refractivity contribution in [1.29, 1.82) is 0 Å². The van der Waals surface area contributed by atoms with Crippen molar-refractivity contribution in [2.75, 3.05) is 7.11 Å². The highest BCUT2D eigenvalue weighted by Crippen LogP contribution is 2.32. The van der Waals surface area contributed by atoms with E-state index < -0.39 is 34.3 Å². The molecule has 17 heavy (non-hydrogen) atoms. The molecule has 0 aromatic carbocycles. The lowest BCUT2D eigenvalue weighted by Crippen LogP contribution is -2.13. The predicted octanol–water partition coefficient (Wildman–Crippen LogP) is 2.32. The van der Waals surface area contributed by atoms with Crippen LogP contribution in [0, 0.1) is 13.7 Å². The molecule has 0 fully saturated rings. The number of hydrogen-bond donors (Lipinski definition) is 0. The molecular weight excluding hydrogens is 353 g/mol. The standard InChI is InChI=1S/C8H5F2IN2O4/c1-17-8(14)4-5(7(9)10)12-2-3(11)6(4)13(15)16/h2,7H,1H3. The fourth-order valence-corrected chi connectivity index (χ4v) is 1.75. The fraction of sp³-hybridized carbons (Fsp3) is 0.250. The van der Waals surface area contributed by atoms with Crippen molar-refractivity contribution >= 4 is 34.2 Å². The molecular formula is C8H5F2IN2O4. The molecule has 0 atom stereocenters. The van der Waals surface area contributed by atoms with E-state index in [9.17, 15) is 23.7 Å². The molecule has 0 amide bonds. The third-order valence-corrected chi connectivity index (χ3v) is 2.60. The molecule has 0 spiro atoms. The molecule has 6 nitrogen and oxygen atoms in total. The maximum atomic E-state index is 12.6. The van der Waals surface area contributed by atoms with Gasteiger partial charge >= 0.3 is 11.7 Å². The number of pyridine rings is 1. The minimum atomic E-state index is -3.10. The van der Waals surface area contributed by atoms with E-state index in [4.69, 9.17) is 0 Å². The van der Waals surface area contributed by atoms with Crippen molar-refractivity contribution in [2.24, 2.45) is 0 Å². The van der Waals surface area contributed by atoms with E-state index in [0.717, 1.165) is 13.3 Å². The lowest BCUT2D eigenvalue weighted by Gasteiger charge is -2.07. The number of nitrogens with zero attached hydrogens (tertiary/aromatic N) is 2. The Morgan fingerprint density at radius 3 is 2.65 bits per heavy atom. The van der Waals surface area contributed by atoms with Gasteiger partial charge < -0.3 is 4.74 Å². The number of rotatable bonds is 3. The Morgan fingerprint density at radius 1 is 1.65 bits per heavy atom. The minimum absolute atomic E-state index is 0.0163. The van der Waals surface area contributed by atoms with Gasteiger partial charge in [0.2, 0.25) is 0 Å². The second kappa shape index (κ2) is 5.29. The van der Waals surface area contributed by atoms with E-state index >= 15 is 0 Å². The highest BCUT2D eigenvalue weighted by Gasteiger charge is 2.32. The van der Waals surface area contributed by atoms with Gasteiger partial charge in [-0.25, -0.2) is 13.6 Å². The zero-order chi connectivity index (χ0) is 13.2. The first kappa shape index (κ1) is 13.7. The number of hydrogen-bond acceptors (Lipinski definition) is 5. The van der Waals surface area contributed by atoms with Crippen LogP contribution in [0.5, 0.6) is 0 Å². The van der Waals surface area contributed by atoms with Gasteiger partial charge in [-0.2, -0.15) is 0 Å². The topological polar surface area (TPSA) is 82.3 Å². The molecule has 0 saturated heterocycles. The molecule has 0 aliphatic heterocycles. The third-order valence-electron chi connectivity index (χ3n) is 1.81. The molecule has 1 rings (SSSR count). The first-order valence-electron chi connectivity index (χ1n) is 4.09. The van der Waals surface area contributed by atoms with Crippen LogP contribution in [0.4, 0.5) is 14.5 Å². The highest BCUT2D eigenvalue weighted by molar-refractivity contribution is 14.1. The molecule has 0 unspecified atom stereocenters. The Morgan fingerprint density at radius 2 is 2.24 bits per heavy atom. The molecule has 92 valence electrons. The monoisotopic (exact) mass is 358 g/mol. The van der Waals surface area contributed by atoms with E-state index in [2.05, 4.69) is 9.72 Å². The largest absolute Gasteiger partial charge is 0.465 e. The van der Waals surface area contributed by atoms with Gasteiger partial charge in [-0.15, -0.1) is 0 Å². The fourth-order valence-electron chi connectivity index (χ4n) is 1.14. The molecule has 0 N–H and O–H groups in total. The number of aromatic nitrogens is 1. The third kappa shape index (κ3) is 2.65. The van der Waals surface area contributed by atoms with E-state index in [-0.39, 0.29) is 3.57 Å². The molecule has 0 aliphatic rings. The summed E-state index contributed by atoms with van der Waals surface area (Å²) in [6, 6.07) is 0. The smallest absolute Gasteiger partial charge is 0.347 e. The predicted molar refractivity (Wildman–Crippen MR) is 59.9 cm³/mol. The van der Waals surface area contributed by atoms with Crippen molar-refractivity contribution < 1.29 is 23.2 Å². The zero-order valence-corrected chi connectivity index (χ0v) is 10.5. The van der Waals surface area contributed by atoms with Gasteiger partial charge in [-0.3, -0.25) is 15.1 Å². The Bertz CT molecular complexity index is 481. The van der Waals surface area contributed by atoms with Crippen LogP contribution in [0.1, 0.15) is 22.5 Å². The van der Waals surface area contributed by atoms with Gasteiger partial charge in [0.1, 0.15) is 9.26 Å². The van der Waals surface area contributed by atoms with Crippen LogP contribution in [0.15, 0.2) is 6.20 Å². The minimum Gasteiger partial charge on any atom is -0.465 e. The first-order chi connectivity index (χ1) is 7.90. The van der Waals surface area contributed by atoms with Crippen LogP contribution in [0.25, 0.3) is 0 Å². The number of ether oxygens (including phenoxy) is 1. The first-order valence-corrected chi connectivity index (χ1v) is 5.17. The zero-order valence-electron chi connectivity index (χ0n) is 8.32. The molecule has 0 saturated carbocycles. The summed E-state index contributed by atoms with van der Waals surface area (Å²) in [6.07, 6.45) is -2.19. The summed E-state index contributed by atoms with van der Waals surface area (Å²) < 4.78 is 29.4. The number of halogens is 3. The van der Waals surface area contributed by atoms with Gasteiger partial charge in [-0.1, -0.05) is 0 Å². The highest BCUT2D eigenvalue weighted by atomic mass is 127. The molecule has 1 heterocycles. The summed E-state index contributed by atoms with van der Waals surface area (Å²) >= 11 is 1.53. The van der Waals surface area contributed by atoms with Crippen molar-refractivity contribution in [3.8, 4) is 0 Å². The van der Waals surface area contributed by atoms with Crippen molar-refractivity contribution in [3.63, 3.8) is 0 Å².